The largest absolute Gasteiger partial charge is 2.00 e. The minimum Gasteiger partial charge on any atom is -0.822 e. The topological polar surface area (TPSA) is 259 Å². The Morgan fingerprint density at radius 3 is 0.550 bits per heavy atom. The van der Waals surface area contributed by atoms with Crippen LogP contribution in [0.15, 0.2) is 0 Å². The Hall–Kier alpha value is 2.97. The van der Waals surface area contributed by atoms with Gasteiger partial charge in [0.15, 0.2) is 0 Å². The van der Waals surface area contributed by atoms with Gasteiger partial charge in [0.05, 0.1) is 0 Å². The van der Waals surface area contributed by atoms with Gasteiger partial charge in [0.25, 0.3) is 0 Å². The second kappa shape index (κ2) is 22.0. The molecule has 0 spiro atoms. The van der Waals surface area contributed by atoms with Crippen molar-refractivity contribution in [3.63, 3.8) is 0 Å². The molecule has 0 heterocycles. The van der Waals surface area contributed by atoms with Crippen LogP contribution in [0.5, 0.6) is 0 Å². The van der Waals surface area contributed by atoms with Crippen molar-refractivity contribution in [2.75, 3.05) is 0 Å². The average Bonchev–Trinajstić information content (AvgIpc) is 1.41. The molecule has 20 heavy (non-hydrogen) atoms. The van der Waals surface area contributed by atoms with Crippen molar-refractivity contribution in [1.29, 1.82) is 0 Å². The Kier molecular flexibility index (Phi) is 54.3. The van der Waals surface area contributed by atoms with Crippen molar-refractivity contribution in [2.24, 2.45) is 0 Å². The van der Waals surface area contributed by atoms with Gasteiger partial charge in [-0.25, -0.2) is 0 Å². The van der Waals surface area contributed by atoms with Gasteiger partial charge in [-0.2, -0.15) is 23.5 Å². The summed E-state index contributed by atoms with van der Waals surface area (Å²) in [5.74, 6) is 0. The van der Waals surface area contributed by atoms with Crippen LogP contribution < -0.4 is 62.9 Å². The Labute approximate surface area is 166 Å². The van der Waals surface area contributed by atoms with E-state index in [1.165, 1.54) is 0 Å². The van der Waals surface area contributed by atoms with Gasteiger partial charge in [-0.15, -0.1) is 0 Å². The monoisotopic (exact) mass is 520 g/mol. The van der Waals surface area contributed by atoms with E-state index in [0.29, 0.717) is 0 Å². The first-order valence-corrected chi connectivity index (χ1v) is 6.57. The van der Waals surface area contributed by atoms with E-state index in [1.54, 1.807) is 0 Å². The minimum atomic E-state index is -5.39. The maximum Gasteiger partial charge on any atom is 2.00 e. The summed E-state index contributed by atoms with van der Waals surface area (Å²) in [4.78, 5) is 76.9. The van der Waals surface area contributed by atoms with Gasteiger partial charge < -0.3 is 57.7 Å². The van der Waals surface area contributed by atoms with Gasteiger partial charge in [0.2, 0.25) is 0 Å². The molecule has 122 valence electrons. The molecule has 2 radical (unpaired) electrons. The molecular weight excluding hydrogens is 520 g/mol. The molecule has 0 aromatic rings. The van der Waals surface area contributed by atoms with Crippen molar-refractivity contribution in [3.8, 4) is 0 Å². The smallest absolute Gasteiger partial charge is 0.822 e. The molecule has 0 aliphatic heterocycles. The summed E-state index contributed by atoms with van der Waals surface area (Å²) in [6.45, 7) is 0. The predicted octanol–water partition coefficient (Wildman–Crippen LogP) is -11.5. The SMILES string of the molecule is O=P([O-])([O-])[O-].O=P([O-])([O-])[O-].O=P([O-])([O-])[O-].[Co+2].[Fe+2].[Li+].[Mn+2].[Ni+2]. The standard InChI is InChI=1S/Co.Fe.Li.Mn.Ni.3H3O4P/c;;;;;3*1-5(2,3)4/h;;;;;3*(H3,1,2,3,4)/q2*+2;+1;2*+2;;;/p-9. The third kappa shape index (κ3) is 950. The number of hydrogen-bond donors (Lipinski definition) is 0. The van der Waals surface area contributed by atoms with E-state index in [-0.39, 0.29) is 86.3 Å². The van der Waals surface area contributed by atoms with Crippen LogP contribution in [0, 0.1) is 0 Å². The van der Waals surface area contributed by atoms with Gasteiger partial charge in [-0.1, -0.05) is 0 Å². The van der Waals surface area contributed by atoms with Crippen molar-refractivity contribution < 1.29 is 144 Å². The zero-order chi connectivity index (χ0) is 13.5. The van der Waals surface area contributed by atoms with Gasteiger partial charge in [0.1, 0.15) is 0 Å². The molecule has 12 nitrogen and oxygen atoms in total. The van der Waals surface area contributed by atoms with Crippen LogP contribution >= 0.6 is 23.5 Å². The molecule has 0 saturated heterocycles. The molecule has 0 N–H and O–H groups in total. The van der Waals surface area contributed by atoms with Crippen LogP contribution in [0.4, 0.5) is 0 Å². The first-order chi connectivity index (χ1) is 6.00. The summed E-state index contributed by atoms with van der Waals surface area (Å²) in [5.41, 5.74) is 0. The maximum atomic E-state index is 8.55. The van der Waals surface area contributed by atoms with E-state index < -0.39 is 23.5 Å². The van der Waals surface area contributed by atoms with Gasteiger partial charge in [-0.05, 0) is 0 Å². The Bertz CT molecular complexity index is 225. The van der Waals surface area contributed by atoms with Gasteiger partial charge in [0, 0.05) is 0 Å². The van der Waals surface area contributed by atoms with Crippen molar-refractivity contribution in [2.45, 2.75) is 0 Å². The van der Waals surface area contributed by atoms with E-state index in [2.05, 4.69) is 0 Å². The van der Waals surface area contributed by atoms with Crippen molar-refractivity contribution >= 4 is 23.5 Å². The zero-order valence-electron chi connectivity index (χ0n) is 8.62. The number of hydrogen-bond acceptors (Lipinski definition) is 12. The first-order valence-electron chi connectivity index (χ1n) is 2.19. The Balaban J connectivity index is -0.0000000160. The summed E-state index contributed by atoms with van der Waals surface area (Å²) < 4.78 is 25.6. The zero-order valence-corrected chi connectivity index (χ0v) is 15.6. The Morgan fingerprint density at radius 1 is 0.550 bits per heavy atom. The summed E-state index contributed by atoms with van der Waals surface area (Å²) in [7, 11) is -16.2. The van der Waals surface area contributed by atoms with Crippen LogP contribution in [0.25, 0.3) is 0 Å². The quantitative estimate of drug-likeness (QED) is 0.213. The molecule has 0 aliphatic carbocycles. The third-order valence-electron chi connectivity index (χ3n) is 0. The summed E-state index contributed by atoms with van der Waals surface area (Å²) in [6.07, 6.45) is 0. The molecular formula is CoFeLiMnNiO12P3. The molecule has 0 saturated carbocycles. The fraction of sp³-hybridized carbons (Fsp3) is 0. The molecule has 0 amide bonds. The Morgan fingerprint density at radius 2 is 0.550 bits per heavy atom. The van der Waals surface area contributed by atoms with E-state index >= 15 is 0 Å². The minimum absolute atomic E-state index is 0. The molecule has 0 fully saturated rings. The maximum absolute atomic E-state index is 8.55. The first kappa shape index (κ1) is 49.5. The molecule has 20 heteroatoms. The van der Waals surface area contributed by atoms with Crippen LogP contribution in [0.2, 0.25) is 0 Å². The fourth-order valence-corrected chi connectivity index (χ4v) is 0. The molecule has 0 bridgehead atoms. The number of phosphoric acid groups is 3. The fourth-order valence-electron chi connectivity index (χ4n) is 0. The molecule has 0 atom stereocenters. The van der Waals surface area contributed by atoms with Gasteiger partial charge in [-0.3, -0.25) is 0 Å². The van der Waals surface area contributed by atoms with E-state index in [9.17, 15) is 0 Å². The molecule has 0 aromatic heterocycles. The van der Waals surface area contributed by atoms with Crippen LogP contribution in [0.3, 0.4) is 0 Å². The second-order valence-corrected chi connectivity index (χ2v) is 4.02. The third-order valence-corrected chi connectivity index (χ3v) is 0. The molecule has 0 rings (SSSR count). The van der Waals surface area contributed by atoms with Gasteiger partial charge >= 0.3 is 86.3 Å². The summed E-state index contributed by atoms with van der Waals surface area (Å²) >= 11 is 0. The van der Waals surface area contributed by atoms with E-state index in [0.717, 1.165) is 0 Å². The van der Waals surface area contributed by atoms with Crippen LogP contribution in [0.1, 0.15) is 0 Å². The van der Waals surface area contributed by atoms with E-state index in [4.69, 9.17) is 57.7 Å². The molecule has 0 aliphatic rings. The van der Waals surface area contributed by atoms with Crippen molar-refractivity contribution in [3.05, 3.63) is 0 Å². The normalized spacial score (nSPS) is 8.85. The second-order valence-electron chi connectivity index (χ2n) is 1.34. The molecule has 0 aromatic carbocycles. The van der Waals surface area contributed by atoms with Crippen molar-refractivity contribution in [1.82, 2.24) is 0 Å². The predicted molar refractivity (Wildman–Crippen MR) is 22.8 cm³/mol. The van der Waals surface area contributed by atoms with Crippen LogP contribution in [-0.4, -0.2) is 0 Å². The summed E-state index contributed by atoms with van der Waals surface area (Å²) in [6, 6.07) is 0. The number of rotatable bonds is 0. The summed E-state index contributed by atoms with van der Waals surface area (Å²) in [5, 5.41) is 0. The average molecular weight is 520 g/mol. The van der Waals surface area contributed by atoms with Crippen LogP contribution in [-0.2, 0) is 81.1 Å². The molecule has 0 unspecified atom stereocenters. The van der Waals surface area contributed by atoms with E-state index in [1.807, 2.05) is 0 Å².